The third-order valence-corrected chi connectivity index (χ3v) is 2.72. The van der Waals surface area contributed by atoms with Gasteiger partial charge in [0.2, 0.25) is 0 Å². The third-order valence-electron chi connectivity index (χ3n) is 2.72. The SMILES string of the molecule is OCc1cc(CO)c2c(c1)CCC2. The molecule has 0 atom stereocenters. The highest BCUT2D eigenvalue weighted by molar-refractivity contribution is 5.41. The molecule has 1 aliphatic carbocycles. The van der Waals surface area contributed by atoms with Gasteiger partial charge in [0.05, 0.1) is 13.2 Å². The van der Waals surface area contributed by atoms with E-state index >= 15 is 0 Å². The summed E-state index contributed by atoms with van der Waals surface area (Å²) in [6, 6.07) is 3.96. The zero-order valence-corrected chi connectivity index (χ0v) is 7.58. The molecule has 0 aromatic heterocycles. The van der Waals surface area contributed by atoms with E-state index in [1.165, 1.54) is 17.5 Å². The summed E-state index contributed by atoms with van der Waals surface area (Å²) in [5.74, 6) is 0. The number of fused-ring (bicyclic) bond motifs is 1. The molecule has 1 aromatic carbocycles. The van der Waals surface area contributed by atoms with E-state index in [1.54, 1.807) is 0 Å². The van der Waals surface area contributed by atoms with E-state index < -0.39 is 0 Å². The summed E-state index contributed by atoms with van der Waals surface area (Å²) in [6.07, 6.45) is 3.35. The molecule has 0 radical (unpaired) electrons. The Labute approximate surface area is 77.8 Å². The quantitative estimate of drug-likeness (QED) is 0.713. The van der Waals surface area contributed by atoms with Gasteiger partial charge in [0, 0.05) is 0 Å². The van der Waals surface area contributed by atoms with Crippen molar-refractivity contribution in [2.24, 2.45) is 0 Å². The molecule has 0 amide bonds. The summed E-state index contributed by atoms with van der Waals surface area (Å²) >= 11 is 0. The van der Waals surface area contributed by atoms with Gasteiger partial charge in [0.25, 0.3) is 0 Å². The van der Waals surface area contributed by atoms with Crippen molar-refractivity contribution in [1.29, 1.82) is 0 Å². The maximum absolute atomic E-state index is 9.14. The van der Waals surface area contributed by atoms with Crippen LogP contribution in [0.3, 0.4) is 0 Å². The van der Waals surface area contributed by atoms with Crippen molar-refractivity contribution < 1.29 is 10.2 Å². The number of rotatable bonds is 2. The summed E-state index contributed by atoms with van der Waals surface area (Å²) < 4.78 is 0. The molecule has 0 saturated carbocycles. The van der Waals surface area contributed by atoms with Crippen molar-refractivity contribution in [2.45, 2.75) is 32.5 Å². The highest BCUT2D eigenvalue weighted by Gasteiger charge is 2.15. The fraction of sp³-hybridized carbons (Fsp3) is 0.455. The highest BCUT2D eigenvalue weighted by Crippen LogP contribution is 2.27. The normalized spacial score (nSPS) is 14.6. The first-order valence-electron chi connectivity index (χ1n) is 4.70. The Hall–Kier alpha value is -0.860. The third kappa shape index (κ3) is 1.47. The predicted octanol–water partition coefficient (Wildman–Crippen LogP) is 1.16. The Kier molecular flexibility index (Phi) is 2.34. The second-order valence-electron chi connectivity index (χ2n) is 3.56. The van der Waals surface area contributed by atoms with Crippen LogP contribution in [0, 0.1) is 0 Å². The number of hydrogen-bond donors (Lipinski definition) is 2. The highest BCUT2D eigenvalue weighted by atomic mass is 16.3. The van der Waals surface area contributed by atoms with Gasteiger partial charge in [-0.15, -0.1) is 0 Å². The van der Waals surface area contributed by atoms with Gasteiger partial charge in [-0.1, -0.05) is 12.1 Å². The van der Waals surface area contributed by atoms with Gasteiger partial charge in [0.1, 0.15) is 0 Å². The van der Waals surface area contributed by atoms with E-state index in [0.29, 0.717) is 0 Å². The fourth-order valence-electron chi connectivity index (χ4n) is 2.10. The average Bonchev–Trinajstić information content (AvgIpc) is 2.63. The topological polar surface area (TPSA) is 40.5 Å². The van der Waals surface area contributed by atoms with Crippen LogP contribution in [0.5, 0.6) is 0 Å². The molecule has 0 heterocycles. The molecule has 0 fully saturated rings. The maximum atomic E-state index is 9.14. The zero-order chi connectivity index (χ0) is 9.26. The number of benzene rings is 1. The van der Waals surface area contributed by atoms with Crippen molar-refractivity contribution in [2.75, 3.05) is 0 Å². The minimum atomic E-state index is 0.0697. The Morgan fingerprint density at radius 3 is 2.62 bits per heavy atom. The van der Waals surface area contributed by atoms with Crippen LogP contribution in [0.15, 0.2) is 12.1 Å². The lowest BCUT2D eigenvalue weighted by Crippen LogP contribution is -1.96. The van der Waals surface area contributed by atoms with E-state index in [0.717, 1.165) is 24.0 Å². The Morgan fingerprint density at radius 2 is 1.92 bits per heavy atom. The second-order valence-corrected chi connectivity index (χ2v) is 3.56. The lowest BCUT2D eigenvalue weighted by atomic mass is 10.0. The van der Waals surface area contributed by atoms with Gasteiger partial charge in [0.15, 0.2) is 0 Å². The van der Waals surface area contributed by atoms with Crippen molar-refractivity contribution in [3.63, 3.8) is 0 Å². The van der Waals surface area contributed by atoms with E-state index in [-0.39, 0.29) is 13.2 Å². The van der Waals surface area contributed by atoms with Crippen LogP contribution in [0.2, 0.25) is 0 Å². The van der Waals surface area contributed by atoms with Crippen LogP contribution in [0.1, 0.15) is 28.7 Å². The summed E-state index contributed by atoms with van der Waals surface area (Å²) in [6.45, 7) is 0.163. The number of hydrogen-bond acceptors (Lipinski definition) is 2. The standard InChI is InChI=1S/C11H14O2/c12-6-8-4-9-2-1-3-11(9)10(5-8)7-13/h4-5,12-13H,1-3,6-7H2. The molecule has 2 rings (SSSR count). The molecule has 1 aliphatic rings. The zero-order valence-electron chi connectivity index (χ0n) is 7.58. The van der Waals surface area contributed by atoms with Gasteiger partial charge in [-0.05, 0) is 41.5 Å². The first-order valence-corrected chi connectivity index (χ1v) is 4.70. The van der Waals surface area contributed by atoms with Gasteiger partial charge >= 0.3 is 0 Å². The van der Waals surface area contributed by atoms with Crippen LogP contribution in [0.25, 0.3) is 0 Å². The molecule has 2 nitrogen and oxygen atoms in total. The monoisotopic (exact) mass is 178 g/mol. The molecule has 0 spiro atoms. The fourth-order valence-corrected chi connectivity index (χ4v) is 2.10. The number of aryl methyl sites for hydroxylation is 1. The molecule has 13 heavy (non-hydrogen) atoms. The second kappa shape index (κ2) is 3.48. The van der Waals surface area contributed by atoms with Crippen LogP contribution < -0.4 is 0 Å². The minimum absolute atomic E-state index is 0.0697. The first-order chi connectivity index (χ1) is 6.35. The molecule has 1 aromatic rings. The van der Waals surface area contributed by atoms with E-state index in [1.807, 2.05) is 6.07 Å². The van der Waals surface area contributed by atoms with E-state index in [4.69, 9.17) is 10.2 Å². The summed E-state index contributed by atoms with van der Waals surface area (Å²) in [7, 11) is 0. The van der Waals surface area contributed by atoms with Crippen molar-refractivity contribution in [1.82, 2.24) is 0 Å². The molecule has 0 bridgehead atoms. The lowest BCUT2D eigenvalue weighted by molar-refractivity contribution is 0.274. The van der Waals surface area contributed by atoms with Crippen molar-refractivity contribution in [3.8, 4) is 0 Å². The predicted molar refractivity (Wildman–Crippen MR) is 50.3 cm³/mol. The molecule has 2 N–H and O–H groups in total. The average molecular weight is 178 g/mol. The van der Waals surface area contributed by atoms with Crippen LogP contribution in [0.4, 0.5) is 0 Å². The molecule has 70 valence electrons. The van der Waals surface area contributed by atoms with E-state index in [2.05, 4.69) is 6.07 Å². The molecule has 0 unspecified atom stereocenters. The molecular weight excluding hydrogens is 164 g/mol. The van der Waals surface area contributed by atoms with Crippen molar-refractivity contribution in [3.05, 3.63) is 34.4 Å². The Balaban J connectivity index is 2.49. The van der Waals surface area contributed by atoms with Crippen LogP contribution >= 0.6 is 0 Å². The minimum Gasteiger partial charge on any atom is -0.392 e. The summed E-state index contributed by atoms with van der Waals surface area (Å²) in [4.78, 5) is 0. The van der Waals surface area contributed by atoms with Gasteiger partial charge < -0.3 is 10.2 Å². The molecule has 0 saturated heterocycles. The van der Waals surface area contributed by atoms with Crippen LogP contribution in [-0.4, -0.2) is 10.2 Å². The Bertz CT molecular complexity index is 318. The maximum Gasteiger partial charge on any atom is 0.0684 e. The van der Waals surface area contributed by atoms with Gasteiger partial charge in [-0.3, -0.25) is 0 Å². The first kappa shape index (κ1) is 8.73. The summed E-state index contributed by atoms with van der Waals surface area (Å²) in [5.41, 5.74) is 4.54. The molecular formula is C11H14O2. The van der Waals surface area contributed by atoms with Gasteiger partial charge in [-0.2, -0.15) is 0 Å². The molecule has 2 heteroatoms. The Morgan fingerprint density at radius 1 is 1.08 bits per heavy atom. The van der Waals surface area contributed by atoms with Crippen molar-refractivity contribution >= 4 is 0 Å². The van der Waals surface area contributed by atoms with Crippen LogP contribution in [-0.2, 0) is 26.1 Å². The number of aliphatic hydroxyl groups excluding tert-OH is 2. The lowest BCUT2D eigenvalue weighted by Gasteiger charge is -2.08. The van der Waals surface area contributed by atoms with Gasteiger partial charge in [-0.25, -0.2) is 0 Å². The smallest absolute Gasteiger partial charge is 0.0684 e. The molecule has 0 aliphatic heterocycles. The summed E-state index contributed by atoms with van der Waals surface area (Å²) in [5, 5.41) is 18.1. The van der Waals surface area contributed by atoms with E-state index in [9.17, 15) is 0 Å². The largest absolute Gasteiger partial charge is 0.392 e. The number of aliphatic hydroxyl groups is 2.